The summed E-state index contributed by atoms with van der Waals surface area (Å²) in [6.45, 7) is 2.13. The topological polar surface area (TPSA) is 58.5 Å². The fraction of sp³-hybridized carbons (Fsp3) is 0.375. The van der Waals surface area contributed by atoms with Crippen LogP contribution < -0.4 is 15.4 Å². The number of thiazole rings is 1. The molecule has 11 heteroatoms. The highest BCUT2D eigenvalue weighted by Gasteiger charge is 2.15. The van der Waals surface area contributed by atoms with E-state index in [0.29, 0.717) is 29.6 Å². The molecule has 150 valence electrons. The maximum atomic E-state index is 12.6. The fourth-order valence-electron chi connectivity index (χ4n) is 2.12. The van der Waals surface area contributed by atoms with Gasteiger partial charge in [-0.3, -0.25) is 0 Å². The van der Waals surface area contributed by atoms with Gasteiger partial charge in [-0.1, -0.05) is 23.2 Å². The maximum absolute atomic E-state index is 12.6. The zero-order valence-corrected chi connectivity index (χ0v) is 19.2. The number of hydrogen-bond acceptors (Lipinski definition) is 4. The fourth-order valence-corrected chi connectivity index (χ4v) is 3.41. The molecular formula is C16H19Cl2F2IN4OS. The number of halogens is 5. The van der Waals surface area contributed by atoms with Crippen molar-refractivity contribution in [3.05, 3.63) is 43.8 Å². The first-order chi connectivity index (χ1) is 12.4. The summed E-state index contributed by atoms with van der Waals surface area (Å²) in [4.78, 5) is 9.68. The lowest BCUT2D eigenvalue weighted by Gasteiger charge is -2.14. The molecular weight excluding hydrogens is 532 g/mol. The smallest absolute Gasteiger partial charge is 0.387 e. The van der Waals surface area contributed by atoms with Crippen LogP contribution in [0, 0.1) is 6.92 Å². The zero-order chi connectivity index (χ0) is 19.1. The molecule has 0 radical (unpaired) electrons. The second-order valence-corrected chi connectivity index (χ2v) is 6.95. The van der Waals surface area contributed by atoms with Crippen LogP contribution in [0.2, 0.25) is 10.0 Å². The van der Waals surface area contributed by atoms with Crippen LogP contribution in [-0.2, 0) is 13.1 Å². The van der Waals surface area contributed by atoms with Crippen LogP contribution in [0.25, 0.3) is 0 Å². The average Bonchev–Trinajstić information content (AvgIpc) is 2.98. The minimum absolute atomic E-state index is 0. The molecule has 0 fully saturated rings. The maximum Gasteiger partial charge on any atom is 0.387 e. The number of benzene rings is 1. The second-order valence-electron chi connectivity index (χ2n) is 5.16. The summed E-state index contributed by atoms with van der Waals surface area (Å²) >= 11 is 13.5. The van der Waals surface area contributed by atoms with E-state index in [1.807, 2.05) is 13.8 Å². The van der Waals surface area contributed by atoms with Crippen LogP contribution in [0.3, 0.4) is 0 Å². The van der Waals surface area contributed by atoms with Gasteiger partial charge < -0.3 is 15.4 Å². The second kappa shape index (κ2) is 11.8. The van der Waals surface area contributed by atoms with E-state index in [2.05, 4.69) is 25.3 Å². The van der Waals surface area contributed by atoms with Gasteiger partial charge in [-0.05, 0) is 26.0 Å². The van der Waals surface area contributed by atoms with Crippen molar-refractivity contribution in [2.24, 2.45) is 4.99 Å². The van der Waals surface area contributed by atoms with E-state index in [-0.39, 0.29) is 41.3 Å². The molecule has 5 nitrogen and oxygen atoms in total. The Hall–Kier alpha value is -0.910. The van der Waals surface area contributed by atoms with Gasteiger partial charge in [0.2, 0.25) is 0 Å². The highest BCUT2D eigenvalue weighted by atomic mass is 127. The van der Waals surface area contributed by atoms with Gasteiger partial charge in [-0.25, -0.2) is 9.98 Å². The number of rotatable bonds is 7. The summed E-state index contributed by atoms with van der Waals surface area (Å²) in [6.07, 6.45) is 0. The Morgan fingerprint density at radius 3 is 2.67 bits per heavy atom. The molecule has 2 aromatic rings. The molecule has 0 aliphatic heterocycles. The summed E-state index contributed by atoms with van der Waals surface area (Å²) in [7, 11) is 0. The van der Waals surface area contributed by atoms with Crippen molar-refractivity contribution < 1.29 is 13.5 Å². The highest BCUT2D eigenvalue weighted by molar-refractivity contribution is 14.0. The van der Waals surface area contributed by atoms with E-state index in [1.54, 1.807) is 16.8 Å². The monoisotopic (exact) mass is 550 g/mol. The van der Waals surface area contributed by atoms with Gasteiger partial charge in [0.05, 0.1) is 29.3 Å². The Morgan fingerprint density at radius 2 is 2.07 bits per heavy atom. The molecule has 2 N–H and O–H groups in total. The minimum atomic E-state index is -2.99. The molecule has 0 spiro atoms. The Balaban J connectivity index is 0.00000364. The average molecular weight is 551 g/mol. The molecule has 0 atom stereocenters. The van der Waals surface area contributed by atoms with Crippen molar-refractivity contribution in [3.8, 4) is 5.75 Å². The van der Waals surface area contributed by atoms with Crippen molar-refractivity contribution in [1.29, 1.82) is 0 Å². The third-order valence-corrected chi connectivity index (χ3v) is 4.74. The Morgan fingerprint density at radius 1 is 1.33 bits per heavy atom. The molecule has 27 heavy (non-hydrogen) atoms. The molecule has 2 rings (SSSR count). The predicted octanol–water partition coefficient (Wildman–Crippen LogP) is 5.23. The number of hydrogen-bond donors (Lipinski definition) is 2. The van der Waals surface area contributed by atoms with Gasteiger partial charge in [0.15, 0.2) is 5.96 Å². The Labute approximate surface area is 187 Å². The number of alkyl halides is 2. The molecule has 0 unspecified atom stereocenters. The molecule has 0 saturated carbocycles. The van der Waals surface area contributed by atoms with Gasteiger partial charge in [0.1, 0.15) is 5.75 Å². The Kier molecular flexibility index (Phi) is 10.6. The first-order valence-electron chi connectivity index (χ1n) is 7.74. The molecule has 0 saturated heterocycles. The first kappa shape index (κ1) is 24.1. The molecule has 1 aromatic heterocycles. The normalized spacial score (nSPS) is 11.3. The Bertz CT molecular complexity index is 777. The third kappa shape index (κ3) is 7.55. The highest BCUT2D eigenvalue weighted by Crippen LogP contribution is 2.34. The number of nitrogens with one attached hydrogen (secondary N) is 2. The number of nitrogens with zero attached hydrogens (tertiary/aromatic N) is 2. The van der Waals surface area contributed by atoms with Gasteiger partial charge in [0, 0.05) is 22.0 Å². The SMILES string of the molecule is CCNC(=NCc1cc(Cl)cc(Cl)c1OC(F)F)NCc1scnc1C.I. The van der Waals surface area contributed by atoms with Crippen molar-refractivity contribution in [2.75, 3.05) is 6.54 Å². The van der Waals surface area contributed by atoms with Crippen LogP contribution >= 0.6 is 58.5 Å². The number of aliphatic imine (C=N–C) groups is 1. The van der Waals surface area contributed by atoms with E-state index >= 15 is 0 Å². The van der Waals surface area contributed by atoms with E-state index in [0.717, 1.165) is 10.6 Å². The zero-order valence-electron chi connectivity index (χ0n) is 14.6. The van der Waals surface area contributed by atoms with Crippen molar-refractivity contribution in [1.82, 2.24) is 15.6 Å². The molecule has 0 aliphatic rings. The van der Waals surface area contributed by atoms with E-state index in [1.165, 1.54) is 12.1 Å². The van der Waals surface area contributed by atoms with Crippen molar-refractivity contribution >= 4 is 64.5 Å². The summed E-state index contributed by atoms with van der Waals surface area (Å²) in [5, 5.41) is 6.60. The van der Waals surface area contributed by atoms with Crippen molar-refractivity contribution in [3.63, 3.8) is 0 Å². The summed E-state index contributed by atoms with van der Waals surface area (Å²) in [5.41, 5.74) is 3.10. The summed E-state index contributed by atoms with van der Waals surface area (Å²) in [6, 6.07) is 2.86. The number of ether oxygens (including phenoxy) is 1. The number of guanidine groups is 1. The van der Waals surface area contributed by atoms with Crippen molar-refractivity contribution in [2.45, 2.75) is 33.5 Å². The quantitative estimate of drug-likeness (QED) is 0.281. The standard InChI is InChI=1S/C16H18Cl2F2N4OS.HI/c1-3-21-16(23-7-13-9(2)24-8-26-13)22-6-10-4-11(17)5-12(18)14(10)25-15(19)20;/h4-5,8,15H,3,6-7H2,1-2H3,(H2,21,22,23);1H. The first-order valence-corrected chi connectivity index (χ1v) is 9.38. The van der Waals surface area contributed by atoms with Gasteiger partial charge >= 0.3 is 6.61 Å². The largest absolute Gasteiger partial charge is 0.433 e. The predicted molar refractivity (Wildman–Crippen MR) is 117 cm³/mol. The lowest BCUT2D eigenvalue weighted by atomic mass is 10.2. The summed E-state index contributed by atoms with van der Waals surface area (Å²) < 4.78 is 29.8. The van der Waals surface area contributed by atoms with Crippen LogP contribution in [0.15, 0.2) is 22.6 Å². The van der Waals surface area contributed by atoms with Crippen LogP contribution in [0.5, 0.6) is 5.75 Å². The van der Waals surface area contributed by atoms with E-state index in [4.69, 9.17) is 23.2 Å². The van der Waals surface area contributed by atoms with Gasteiger partial charge in [0.25, 0.3) is 0 Å². The van der Waals surface area contributed by atoms with Crippen LogP contribution in [-0.4, -0.2) is 24.1 Å². The van der Waals surface area contributed by atoms with E-state index < -0.39 is 6.61 Å². The lowest BCUT2D eigenvalue weighted by Crippen LogP contribution is -2.36. The van der Waals surface area contributed by atoms with Crippen LogP contribution in [0.1, 0.15) is 23.1 Å². The number of aromatic nitrogens is 1. The van der Waals surface area contributed by atoms with E-state index in [9.17, 15) is 8.78 Å². The summed E-state index contributed by atoms with van der Waals surface area (Å²) in [5.74, 6) is 0.406. The molecule has 0 bridgehead atoms. The van der Waals surface area contributed by atoms with Gasteiger partial charge in [-0.15, -0.1) is 35.3 Å². The lowest BCUT2D eigenvalue weighted by molar-refractivity contribution is -0.0503. The molecule has 1 heterocycles. The molecule has 1 aromatic carbocycles. The van der Waals surface area contributed by atoms with Crippen LogP contribution in [0.4, 0.5) is 8.78 Å². The third-order valence-electron chi connectivity index (χ3n) is 3.31. The molecule has 0 amide bonds. The minimum Gasteiger partial charge on any atom is -0.433 e. The van der Waals surface area contributed by atoms with Gasteiger partial charge in [-0.2, -0.15) is 8.78 Å². The number of aryl methyl sites for hydroxylation is 1. The molecule has 0 aliphatic carbocycles.